The third-order valence-corrected chi connectivity index (χ3v) is 7.96. The molecule has 4 rings (SSSR count). The predicted octanol–water partition coefficient (Wildman–Crippen LogP) is 4.44. The van der Waals surface area contributed by atoms with Gasteiger partial charge in [0.15, 0.2) is 0 Å². The second kappa shape index (κ2) is 17.9. The number of aromatic hydroxyl groups is 1. The average Bonchev–Trinajstić information content (AvgIpc) is 3.06. The molecule has 3 aromatic rings. The number of rotatable bonds is 11. The number of carbonyl (C=O) groups is 3. The number of benzene rings is 2. The summed E-state index contributed by atoms with van der Waals surface area (Å²) in [4.78, 5) is 44.9. The third kappa shape index (κ3) is 10.6. The number of anilines is 1. The van der Waals surface area contributed by atoms with E-state index in [9.17, 15) is 23.9 Å². The molecular weight excluding hydrogens is 617 g/mol. The van der Waals surface area contributed by atoms with Crippen LogP contribution in [0.5, 0.6) is 11.5 Å². The van der Waals surface area contributed by atoms with Gasteiger partial charge in [0.05, 0.1) is 25.5 Å². The topological polar surface area (TPSA) is 133 Å². The highest BCUT2D eigenvalue weighted by Gasteiger charge is 2.21. The van der Waals surface area contributed by atoms with Crippen LogP contribution in [-0.2, 0) is 16.0 Å². The predicted molar refractivity (Wildman–Crippen MR) is 183 cm³/mol. The second-order valence-corrected chi connectivity index (χ2v) is 11.7. The molecule has 1 aliphatic heterocycles. The van der Waals surface area contributed by atoms with Gasteiger partial charge >= 0.3 is 0 Å². The molecule has 0 spiro atoms. The van der Waals surface area contributed by atoms with Gasteiger partial charge in [0.1, 0.15) is 23.1 Å². The van der Waals surface area contributed by atoms with Gasteiger partial charge in [0.2, 0.25) is 5.91 Å². The fourth-order valence-corrected chi connectivity index (χ4v) is 5.08. The van der Waals surface area contributed by atoms with Crippen LogP contribution in [0.1, 0.15) is 49.9 Å². The number of halogens is 1. The van der Waals surface area contributed by atoms with Crippen molar-refractivity contribution in [3.8, 4) is 11.5 Å². The molecule has 2 heterocycles. The smallest absolute Gasteiger partial charge is 0.257 e. The van der Waals surface area contributed by atoms with Gasteiger partial charge in [-0.1, -0.05) is 18.7 Å². The van der Waals surface area contributed by atoms with Crippen LogP contribution in [0.25, 0.3) is 0 Å². The summed E-state index contributed by atoms with van der Waals surface area (Å²) in [7, 11) is 3.07. The van der Waals surface area contributed by atoms with Gasteiger partial charge in [-0.15, -0.1) is 0 Å². The number of nitrogens with one attached hydrogen (secondary N) is 2. The van der Waals surface area contributed by atoms with E-state index in [0.717, 1.165) is 50.3 Å². The van der Waals surface area contributed by atoms with Crippen molar-refractivity contribution in [2.45, 2.75) is 40.2 Å². The number of ether oxygens (including phenoxy) is 2. The van der Waals surface area contributed by atoms with Crippen LogP contribution >= 0.6 is 0 Å². The molecule has 258 valence electrons. The van der Waals surface area contributed by atoms with Crippen LogP contribution in [0.3, 0.4) is 0 Å². The summed E-state index contributed by atoms with van der Waals surface area (Å²) in [6.07, 6.45) is 3.71. The normalized spacial score (nSPS) is 13.5. The van der Waals surface area contributed by atoms with Crippen LogP contribution in [0, 0.1) is 26.6 Å². The lowest BCUT2D eigenvalue weighted by Crippen LogP contribution is -2.48. The minimum atomic E-state index is -0.491. The zero-order valence-corrected chi connectivity index (χ0v) is 28.6. The maximum atomic E-state index is 13.5. The molecule has 2 aromatic carbocycles. The van der Waals surface area contributed by atoms with Crippen molar-refractivity contribution in [1.29, 1.82) is 0 Å². The van der Waals surface area contributed by atoms with Crippen LogP contribution in [0.2, 0.25) is 0 Å². The Balaban J connectivity index is 0.000000275. The molecule has 0 saturated carbocycles. The van der Waals surface area contributed by atoms with Crippen molar-refractivity contribution in [1.82, 2.24) is 20.1 Å². The number of aryl methyl sites for hydroxylation is 3. The van der Waals surface area contributed by atoms with Crippen LogP contribution in [0.4, 0.5) is 10.2 Å². The lowest BCUT2D eigenvalue weighted by Gasteiger charge is -2.34. The Morgan fingerprint density at radius 1 is 1.00 bits per heavy atom. The highest BCUT2D eigenvalue weighted by Crippen LogP contribution is 2.24. The van der Waals surface area contributed by atoms with Gasteiger partial charge in [-0.3, -0.25) is 19.3 Å². The molecule has 48 heavy (non-hydrogen) atoms. The van der Waals surface area contributed by atoms with E-state index in [1.54, 1.807) is 39.8 Å². The Kier molecular flexibility index (Phi) is 14.1. The molecule has 1 aliphatic rings. The maximum Gasteiger partial charge on any atom is 0.257 e. The Labute approximate surface area is 281 Å². The number of hydrogen-bond donors (Lipinski definition) is 3. The van der Waals surface area contributed by atoms with E-state index in [-0.39, 0.29) is 34.6 Å². The number of phenols is 1. The lowest BCUT2D eigenvalue weighted by molar-refractivity contribution is -0.127. The molecule has 1 saturated heterocycles. The number of piperazine rings is 1. The fraction of sp³-hybridized carbons (Fsp3) is 0.389. The number of hydrogen-bond acceptors (Lipinski definition) is 8. The number of phenolic OH excluding ortho intramolecular Hbond substituents is 1. The highest BCUT2D eigenvalue weighted by molar-refractivity contribution is 6.07. The number of methoxy groups -OCH3 is 2. The van der Waals surface area contributed by atoms with Crippen molar-refractivity contribution in [2.75, 3.05) is 58.9 Å². The summed E-state index contributed by atoms with van der Waals surface area (Å²) in [5.41, 5.74) is 3.25. The second-order valence-electron chi connectivity index (χ2n) is 11.7. The Morgan fingerprint density at radius 2 is 1.71 bits per heavy atom. The lowest BCUT2D eigenvalue weighted by atomic mass is 10.0. The number of nitrogens with zero attached hydrogens (tertiary/aromatic N) is 3. The number of amides is 3. The van der Waals surface area contributed by atoms with Crippen molar-refractivity contribution in [2.24, 2.45) is 0 Å². The molecule has 0 radical (unpaired) electrons. The number of carbonyl (C=O) groups excluding carboxylic acids is 3. The average molecular weight is 664 g/mol. The van der Waals surface area contributed by atoms with Gasteiger partial charge in [-0.05, 0) is 86.7 Å². The quantitative estimate of drug-likeness (QED) is 0.257. The van der Waals surface area contributed by atoms with Crippen molar-refractivity contribution >= 4 is 23.5 Å². The largest absolute Gasteiger partial charge is 0.507 e. The summed E-state index contributed by atoms with van der Waals surface area (Å²) >= 11 is 0. The molecule has 3 N–H and O–H groups in total. The summed E-state index contributed by atoms with van der Waals surface area (Å²) in [5, 5.41) is 15.6. The van der Waals surface area contributed by atoms with Crippen molar-refractivity contribution < 1.29 is 33.4 Å². The number of aromatic nitrogens is 1. The number of pyridine rings is 1. The van der Waals surface area contributed by atoms with Crippen molar-refractivity contribution in [3.05, 3.63) is 94.4 Å². The molecule has 0 bridgehead atoms. The molecule has 11 nitrogen and oxygen atoms in total. The first-order valence-corrected chi connectivity index (χ1v) is 15.7. The van der Waals surface area contributed by atoms with Crippen molar-refractivity contribution in [3.63, 3.8) is 0 Å². The van der Waals surface area contributed by atoms with Gasteiger partial charge in [0.25, 0.3) is 11.8 Å². The van der Waals surface area contributed by atoms with Crippen LogP contribution in [0.15, 0.2) is 55.3 Å². The molecule has 1 unspecified atom stereocenters. The molecule has 1 aromatic heterocycles. The first-order chi connectivity index (χ1) is 22.9. The first-order valence-electron chi connectivity index (χ1n) is 15.7. The minimum Gasteiger partial charge on any atom is -0.507 e. The van der Waals surface area contributed by atoms with E-state index in [1.165, 1.54) is 38.6 Å². The Morgan fingerprint density at radius 3 is 2.31 bits per heavy atom. The van der Waals surface area contributed by atoms with E-state index in [4.69, 9.17) is 9.47 Å². The fourth-order valence-electron chi connectivity index (χ4n) is 5.08. The van der Waals surface area contributed by atoms with Crippen LogP contribution < -0.4 is 15.4 Å². The first kappa shape index (κ1) is 37.6. The molecule has 12 heteroatoms. The maximum absolute atomic E-state index is 13.5. The summed E-state index contributed by atoms with van der Waals surface area (Å²) in [6.45, 7) is 15.0. The zero-order valence-electron chi connectivity index (χ0n) is 28.6. The van der Waals surface area contributed by atoms with Gasteiger partial charge in [-0.25, -0.2) is 9.37 Å². The summed E-state index contributed by atoms with van der Waals surface area (Å²) in [5.74, 6) is -0.283. The molecule has 0 aliphatic carbocycles. The van der Waals surface area contributed by atoms with E-state index >= 15 is 0 Å². The van der Waals surface area contributed by atoms with E-state index < -0.39 is 11.8 Å². The molecule has 1 atom stereocenters. The Bertz CT molecular complexity index is 1610. The van der Waals surface area contributed by atoms with E-state index in [2.05, 4.69) is 27.1 Å². The van der Waals surface area contributed by atoms with E-state index in [1.807, 2.05) is 17.0 Å². The minimum absolute atomic E-state index is 0.00487. The Hall–Kier alpha value is -4.81. The van der Waals surface area contributed by atoms with Gasteiger partial charge in [-0.2, -0.15) is 0 Å². The van der Waals surface area contributed by atoms with E-state index in [0.29, 0.717) is 29.3 Å². The van der Waals surface area contributed by atoms with Gasteiger partial charge < -0.3 is 30.1 Å². The SMILES string of the molecule is C=CC(=O)N1CCN(CCc2ccc(C)c(F)c2)CC1.COCC(C)NC(=O)c1cc(C(=O)Nc2ncc(OC)cc2C)c(C)cc1O. The van der Waals surface area contributed by atoms with Crippen LogP contribution in [-0.4, -0.2) is 97.2 Å². The summed E-state index contributed by atoms with van der Waals surface area (Å²) in [6, 6.07) is 9.69. The molecular formula is C36H46FN5O6. The zero-order chi connectivity index (χ0) is 35.4. The highest BCUT2D eigenvalue weighted by atomic mass is 19.1. The molecule has 1 fully saturated rings. The monoisotopic (exact) mass is 663 g/mol. The van der Waals surface area contributed by atoms with Gasteiger partial charge in [0, 0.05) is 51.4 Å². The molecule has 3 amide bonds. The summed E-state index contributed by atoms with van der Waals surface area (Å²) < 4.78 is 23.6. The standard InChI is InChI=1S/C20H25N3O5.C16H21FN2O/c1-11-7-17(24)16(20(26)22-13(3)10-27-4)8-15(11)19(25)23-18-12(2)6-14(28-5)9-21-18;1-3-16(20)19-10-8-18(9-11-19)7-6-14-5-4-13(2)15(17)12-14/h6-9,13,24H,10H2,1-5H3,(H,22,26)(H,21,23,25);3-5,12H,1,6-11H2,2H3. The third-order valence-electron chi connectivity index (χ3n) is 7.96.